The van der Waals surface area contributed by atoms with Crippen molar-refractivity contribution >= 4 is 53.5 Å². The standard InChI is InChI=1S/C22H31NO13S/c1-10(24)23-16(22(30)31-7)9-37-21(23)20(36-15(6)29)19(35-14(5)28)18(34-13(4)27)17(33-12(3)26)8-32-11(2)25/h16-21H,8-9H2,1-7H3/t16-,17-,18+,19+,20-,21+/m0/s1. The van der Waals surface area contributed by atoms with Gasteiger partial charge in [-0.2, -0.15) is 0 Å². The third-order valence-electron chi connectivity index (χ3n) is 4.84. The highest BCUT2D eigenvalue weighted by atomic mass is 32.2. The van der Waals surface area contributed by atoms with Crippen LogP contribution in [0.15, 0.2) is 0 Å². The van der Waals surface area contributed by atoms with Gasteiger partial charge in [0.15, 0.2) is 24.4 Å². The van der Waals surface area contributed by atoms with Crippen LogP contribution < -0.4 is 0 Å². The van der Waals surface area contributed by atoms with Crippen LogP contribution in [-0.4, -0.2) is 102 Å². The largest absolute Gasteiger partial charge is 0.467 e. The summed E-state index contributed by atoms with van der Waals surface area (Å²) in [7, 11) is 1.14. The zero-order valence-corrected chi connectivity index (χ0v) is 22.4. The summed E-state index contributed by atoms with van der Waals surface area (Å²) >= 11 is 1.02. The van der Waals surface area contributed by atoms with E-state index in [0.717, 1.165) is 58.4 Å². The third-order valence-corrected chi connectivity index (χ3v) is 6.19. The molecule has 0 aromatic carbocycles. The van der Waals surface area contributed by atoms with Crippen molar-refractivity contribution in [3.05, 3.63) is 0 Å². The first-order valence-corrected chi connectivity index (χ1v) is 12.0. The Morgan fingerprint density at radius 1 is 0.757 bits per heavy atom. The van der Waals surface area contributed by atoms with E-state index >= 15 is 0 Å². The summed E-state index contributed by atoms with van der Waals surface area (Å²) in [4.78, 5) is 85.6. The van der Waals surface area contributed by atoms with Gasteiger partial charge in [-0.1, -0.05) is 0 Å². The molecule has 0 aliphatic carbocycles. The molecule has 1 rings (SSSR count). The maximum Gasteiger partial charge on any atom is 0.329 e. The number of hydrogen-bond donors (Lipinski definition) is 0. The molecule has 1 saturated heterocycles. The van der Waals surface area contributed by atoms with Gasteiger partial charge in [-0.05, 0) is 0 Å². The van der Waals surface area contributed by atoms with E-state index in [1.54, 1.807) is 0 Å². The van der Waals surface area contributed by atoms with Gasteiger partial charge in [0, 0.05) is 47.3 Å². The normalized spacial score (nSPS) is 19.9. The molecule has 37 heavy (non-hydrogen) atoms. The second kappa shape index (κ2) is 14.4. The zero-order chi connectivity index (χ0) is 28.4. The lowest BCUT2D eigenvalue weighted by atomic mass is 10.0. The Labute approximate surface area is 217 Å². The molecule has 208 valence electrons. The van der Waals surface area contributed by atoms with E-state index in [1.807, 2.05) is 0 Å². The smallest absolute Gasteiger partial charge is 0.329 e. The predicted molar refractivity (Wildman–Crippen MR) is 123 cm³/mol. The summed E-state index contributed by atoms with van der Waals surface area (Å²) in [5, 5.41) is -1.13. The first-order chi connectivity index (χ1) is 17.2. The number of ether oxygens (including phenoxy) is 6. The minimum Gasteiger partial charge on any atom is -0.467 e. The highest BCUT2D eigenvalue weighted by Gasteiger charge is 2.53. The van der Waals surface area contributed by atoms with Gasteiger partial charge in [0.25, 0.3) is 0 Å². The molecule has 0 radical (unpaired) electrons. The minimum atomic E-state index is -1.68. The average Bonchev–Trinajstić information content (AvgIpc) is 3.21. The quantitative estimate of drug-likeness (QED) is 0.243. The molecule has 1 amide bonds. The minimum absolute atomic E-state index is 0.0422. The van der Waals surface area contributed by atoms with E-state index in [4.69, 9.17) is 28.4 Å². The van der Waals surface area contributed by atoms with Crippen LogP contribution in [0.4, 0.5) is 0 Å². The van der Waals surface area contributed by atoms with Crippen molar-refractivity contribution in [2.75, 3.05) is 19.5 Å². The van der Waals surface area contributed by atoms with Crippen LogP contribution in [0.1, 0.15) is 41.5 Å². The summed E-state index contributed by atoms with van der Waals surface area (Å²) in [6, 6.07) is -1.06. The lowest BCUT2D eigenvalue weighted by Gasteiger charge is -2.39. The fraction of sp³-hybridized carbons (Fsp3) is 0.682. The van der Waals surface area contributed by atoms with Crippen molar-refractivity contribution in [2.24, 2.45) is 0 Å². The lowest BCUT2D eigenvalue weighted by Crippen LogP contribution is -2.59. The van der Waals surface area contributed by atoms with Gasteiger partial charge < -0.3 is 33.3 Å². The van der Waals surface area contributed by atoms with Crippen molar-refractivity contribution in [1.82, 2.24) is 4.90 Å². The second-order valence-electron chi connectivity index (χ2n) is 7.86. The molecule has 0 aromatic rings. The van der Waals surface area contributed by atoms with E-state index in [9.17, 15) is 33.6 Å². The number of amides is 1. The Balaban J connectivity index is 3.70. The summed E-state index contributed by atoms with van der Waals surface area (Å²) in [6.45, 7) is 5.79. The van der Waals surface area contributed by atoms with Crippen LogP contribution in [0.25, 0.3) is 0 Å². The molecular weight excluding hydrogens is 518 g/mol. The van der Waals surface area contributed by atoms with Gasteiger partial charge in [0.2, 0.25) is 5.91 Å². The van der Waals surface area contributed by atoms with Crippen molar-refractivity contribution in [1.29, 1.82) is 0 Å². The maximum atomic E-state index is 12.6. The van der Waals surface area contributed by atoms with Gasteiger partial charge in [-0.15, -0.1) is 11.8 Å². The summed E-state index contributed by atoms with van der Waals surface area (Å²) in [6.07, 6.45) is -6.40. The van der Waals surface area contributed by atoms with Crippen LogP contribution >= 0.6 is 11.8 Å². The molecule has 0 aromatic heterocycles. The van der Waals surface area contributed by atoms with E-state index in [2.05, 4.69) is 0 Å². The van der Waals surface area contributed by atoms with E-state index in [0.29, 0.717) is 0 Å². The monoisotopic (exact) mass is 549 g/mol. The number of carbonyl (C=O) groups excluding carboxylic acids is 7. The van der Waals surface area contributed by atoms with Crippen LogP contribution in [-0.2, 0) is 62.0 Å². The Bertz CT molecular complexity index is 907. The maximum absolute atomic E-state index is 12.6. The molecule has 0 spiro atoms. The van der Waals surface area contributed by atoms with Crippen LogP contribution in [0.2, 0.25) is 0 Å². The number of esters is 6. The molecular formula is C22H31NO13S. The SMILES string of the molecule is COC(=O)[C@@H]1CS[C@H]([C@@H](OC(C)=O)[C@H](OC(C)=O)[C@H](OC(C)=O)[C@H](COC(C)=O)OC(C)=O)N1C(C)=O. The Hall–Kier alpha value is -3.36. The molecule has 0 unspecified atom stereocenters. The molecule has 0 saturated carbocycles. The van der Waals surface area contributed by atoms with Crippen LogP contribution in [0.3, 0.4) is 0 Å². The molecule has 1 fully saturated rings. The highest BCUT2D eigenvalue weighted by molar-refractivity contribution is 8.00. The summed E-state index contributed by atoms with van der Waals surface area (Å²) in [5.74, 6) is -5.57. The Morgan fingerprint density at radius 2 is 1.27 bits per heavy atom. The first kappa shape index (κ1) is 31.7. The Kier molecular flexibility index (Phi) is 12.3. The molecule has 14 nitrogen and oxygen atoms in total. The molecule has 6 atom stereocenters. The average molecular weight is 550 g/mol. The predicted octanol–water partition coefficient (Wildman–Crippen LogP) is -0.261. The lowest BCUT2D eigenvalue weighted by molar-refractivity contribution is -0.205. The van der Waals surface area contributed by atoms with E-state index in [-0.39, 0.29) is 5.75 Å². The Morgan fingerprint density at radius 3 is 1.70 bits per heavy atom. The fourth-order valence-corrected chi connectivity index (χ4v) is 5.18. The van der Waals surface area contributed by atoms with Crippen molar-refractivity contribution in [2.45, 2.75) is 77.4 Å². The highest BCUT2D eigenvalue weighted by Crippen LogP contribution is 2.37. The second-order valence-corrected chi connectivity index (χ2v) is 9.01. The molecule has 0 bridgehead atoms. The number of rotatable bonds is 11. The molecule has 1 heterocycles. The number of thioether (sulfide) groups is 1. The third kappa shape index (κ3) is 9.55. The summed E-state index contributed by atoms with van der Waals surface area (Å²) < 4.78 is 31.1. The molecule has 1 aliphatic heterocycles. The van der Waals surface area contributed by atoms with Gasteiger partial charge in [0.1, 0.15) is 18.0 Å². The van der Waals surface area contributed by atoms with Gasteiger partial charge in [-0.3, -0.25) is 28.8 Å². The van der Waals surface area contributed by atoms with Crippen molar-refractivity contribution in [3.8, 4) is 0 Å². The number of methoxy groups -OCH3 is 1. The first-order valence-electron chi connectivity index (χ1n) is 11.0. The molecule has 0 N–H and O–H groups in total. The van der Waals surface area contributed by atoms with Crippen molar-refractivity contribution < 1.29 is 62.0 Å². The van der Waals surface area contributed by atoms with Gasteiger partial charge >= 0.3 is 35.8 Å². The number of hydrogen-bond acceptors (Lipinski definition) is 14. The van der Waals surface area contributed by atoms with Gasteiger partial charge in [0.05, 0.1) is 7.11 Å². The van der Waals surface area contributed by atoms with Crippen LogP contribution in [0.5, 0.6) is 0 Å². The topological polar surface area (TPSA) is 178 Å². The van der Waals surface area contributed by atoms with E-state index < -0.39 is 84.2 Å². The summed E-state index contributed by atoms with van der Waals surface area (Å²) in [5.41, 5.74) is 0. The van der Waals surface area contributed by atoms with Crippen molar-refractivity contribution in [3.63, 3.8) is 0 Å². The van der Waals surface area contributed by atoms with Gasteiger partial charge in [-0.25, -0.2) is 4.79 Å². The van der Waals surface area contributed by atoms with E-state index in [1.165, 1.54) is 6.92 Å². The number of nitrogens with zero attached hydrogens (tertiary/aromatic N) is 1. The number of carbonyl (C=O) groups is 7. The zero-order valence-electron chi connectivity index (χ0n) is 21.5. The van der Waals surface area contributed by atoms with Crippen LogP contribution in [0, 0.1) is 0 Å². The molecule has 15 heteroatoms. The fourth-order valence-electron chi connectivity index (χ4n) is 3.64. The molecule has 1 aliphatic rings.